The molecule has 1 aromatic heterocycles. The number of aliphatic hydroxyl groups excluding tert-OH is 1. The third kappa shape index (κ3) is 5.56. The van der Waals surface area contributed by atoms with Crippen LogP contribution in [0.3, 0.4) is 0 Å². The number of H-pyrrole nitrogens is 1. The zero-order valence-electron chi connectivity index (χ0n) is 18.8. The van der Waals surface area contributed by atoms with Crippen LogP contribution in [0, 0.1) is 0 Å². The molecule has 3 N–H and O–H groups in total. The number of aromatic amines is 1. The maximum atomic E-state index is 13.4. The molecular formula is C24H19F3N2O8. The van der Waals surface area contributed by atoms with Gasteiger partial charge in [0.15, 0.2) is 12.2 Å². The number of amides is 1. The lowest BCUT2D eigenvalue weighted by molar-refractivity contribution is -0.156. The van der Waals surface area contributed by atoms with Crippen LogP contribution in [0.5, 0.6) is 0 Å². The number of fused-ring (bicyclic) bond motifs is 1. The molecule has 0 spiro atoms. The first kappa shape index (κ1) is 25.7. The monoisotopic (exact) mass is 520 g/mol. The van der Waals surface area contributed by atoms with Gasteiger partial charge in [0, 0.05) is 22.3 Å². The number of benzene rings is 2. The summed E-state index contributed by atoms with van der Waals surface area (Å²) in [6, 6.07) is 10.6. The van der Waals surface area contributed by atoms with Gasteiger partial charge in [0.1, 0.15) is 6.61 Å². The van der Waals surface area contributed by atoms with Crippen LogP contribution in [0.25, 0.3) is 22.0 Å². The number of halogens is 3. The normalized spacial score (nSPS) is 16.5. The Balaban J connectivity index is 1.53. The number of aromatic nitrogens is 1. The van der Waals surface area contributed by atoms with E-state index >= 15 is 0 Å². The first-order valence-electron chi connectivity index (χ1n) is 10.8. The topological polar surface area (TPSA) is 146 Å². The van der Waals surface area contributed by atoms with Gasteiger partial charge < -0.3 is 24.7 Å². The molecule has 1 unspecified atom stereocenters. The number of aliphatic hydroxyl groups is 1. The number of cyclic esters (lactones) is 1. The van der Waals surface area contributed by atoms with Gasteiger partial charge >= 0.3 is 24.2 Å². The van der Waals surface area contributed by atoms with Crippen LogP contribution >= 0.6 is 0 Å². The fourth-order valence-corrected chi connectivity index (χ4v) is 3.84. The summed E-state index contributed by atoms with van der Waals surface area (Å²) in [7, 11) is 0. The maximum absolute atomic E-state index is 13.4. The Morgan fingerprint density at radius 3 is 2.59 bits per heavy atom. The Bertz CT molecular complexity index is 1440. The first-order valence-corrected chi connectivity index (χ1v) is 10.8. The van der Waals surface area contributed by atoms with E-state index in [1.54, 1.807) is 0 Å². The van der Waals surface area contributed by atoms with E-state index in [9.17, 15) is 37.5 Å². The number of carboxylic acid groups (broad SMARTS) is 1. The number of hydrogen-bond donors (Lipinski definition) is 3. The molecule has 1 aliphatic rings. The molecule has 2 heterocycles. The van der Waals surface area contributed by atoms with Gasteiger partial charge in [0.25, 0.3) is 5.56 Å². The third-order valence-electron chi connectivity index (χ3n) is 5.61. The Hall–Kier alpha value is -4.39. The number of carbonyl (C=O) groups is 3. The van der Waals surface area contributed by atoms with E-state index in [2.05, 4.69) is 4.98 Å². The number of pyridine rings is 1. The highest BCUT2D eigenvalue weighted by molar-refractivity contribution is 5.95. The maximum Gasteiger partial charge on any atom is 0.417 e. The zero-order valence-corrected chi connectivity index (χ0v) is 18.8. The second-order valence-corrected chi connectivity index (χ2v) is 8.18. The second kappa shape index (κ2) is 9.93. The lowest BCUT2D eigenvalue weighted by Crippen LogP contribution is -2.28. The number of ether oxygens (including phenoxy) is 2. The van der Waals surface area contributed by atoms with Gasteiger partial charge in [-0.15, -0.1) is 0 Å². The highest BCUT2D eigenvalue weighted by Crippen LogP contribution is 2.36. The molecule has 3 aromatic rings. The van der Waals surface area contributed by atoms with E-state index in [0.717, 1.165) is 6.07 Å². The van der Waals surface area contributed by atoms with Gasteiger partial charge in [0.05, 0.1) is 18.5 Å². The van der Waals surface area contributed by atoms with Crippen LogP contribution in [0.15, 0.2) is 53.3 Å². The largest absolute Gasteiger partial charge is 0.479 e. The van der Waals surface area contributed by atoms with Gasteiger partial charge in [-0.25, -0.2) is 9.59 Å². The Labute approximate surface area is 205 Å². The average molecular weight is 520 g/mol. The van der Waals surface area contributed by atoms with Gasteiger partial charge in [0.2, 0.25) is 0 Å². The summed E-state index contributed by atoms with van der Waals surface area (Å²) in [4.78, 5) is 51.0. The van der Waals surface area contributed by atoms with Crippen molar-refractivity contribution in [3.63, 3.8) is 0 Å². The fourth-order valence-electron chi connectivity index (χ4n) is 3.84. The number of nitrogens with one attached hydrogen (secondary N) is 1. The first-order chi connectivity index (χ1) is 17.4. The summed E-state index contributed by atoms with van der Waals surface area (Å²) in [5.74, 6) is -2.58. The number of esters is 1. The lowest BCUT2D eigenvalue weighted by atomic mass is 10.0. The molecule has 1 fully saturated rings. The van der Waals surface area contributed by atoms with Crippen LogP contribution in [-0.4, -0.2) is 58.6 Å². The summed E-state index contributed by atoms with van der Waals surface area (Å²) in [6.45, 7) is -0.447. The SMILES string of the molecule is O=C(CC(O)C(=O)O)OC[C@@H]1CN(c2ccc3cc(-c4ccccc4C(F)(F)F)[nH]c(=O)c3c2)C(=O)O1. The van der Waals surface area contributed by atoms with E-state index in [1.807, 2.05) is 0 Å². The van der Waals surface area contributed by atoms with E-state index in [4.69, 9.17) is 14.6 Å². The van der Waals surface area contributed by atoms with E-state index in [0.29, 0.717) is 5.39 Å². The molecule has 0 bridgehead atoms. The van der Waals surface area contributed by atoms with E-state index in [1.165, 1.54) is 47.4 Å². The molecule has 2 aromatic carbocycles. The molecule has 1 saturated heterocycles. The number of carbonyl (C=O) groups excluding carboxylic acids is 2. The van der Waals surface area contributed by atoms with Gasteiger partial charge in [-0.2, -0.15) is 13.2 Å². The number of carboxylic acids is 1. The predicted octanol–water partition coefficient (Wildman–Crippen LogP) is 2.92. The Kier molecular flexibility index (Phi) is 6.90. The molecule has 1 aliphatic heterocycles. The third-order valence-corrected chi connectivity index (χ3v) is 5.61. The minimum Gasteiger partial charge on any atom is -0.479 e. The smallest absolute Gasteiger partial charge is 0.417 e. The van der Waals surface area contributed by atoms with Crippen molar-refractivity contribution in [3.8, 4) is 11.3 Å². The standard InChI is InChI=1S/C24H19F3N2O8/c25-24(26,27)17-4-2-1-3-15(17)18-7-12-5-6-13(8-16(12)21(32)28-18)29-10-14(37-23(29)35)11-36-20(31)9-19(30)22(33)34/h1-8,14,19,30H,9-11H2,(H,28,32)(H,33,34)/t14-,19?/m0/s1. The number of hydrogen-bond acceptors (Lipinski definition) is 7. The van der Waals surface area contributed by atoms with Crippen molar-refractivity contribution < 1.29 is 47.2 Å². The molecule has 4 rings (SSSR count). The van der Waals surface area contributed by atoms with Gasteiger partial charge in [-0.3, -0.25) is 14.5 Å². The molecule has 1 amide bonds. The summed E-state index contributed by atoms with van der Waals surface area (Å²) in [6.07, 6.45) is -9.01. The summed E-state index contributed by atoms with van der Waals surface area (Å²) in [5.41, 5.74) is -1.50. The van der Waals surface area contributed by atoms with E-state index in [-0.39, 0.29) is 35.5 Å². The summed E-state index contributed by atoms with van der Waals surface area (Å²) >= 11 is 0. The number of anilines is 1. The fraction of sp³-hybridized carbons (Fsp3) is 0.250. The molecule has 13 heteroatoms. The van der Waals surface area contributed by atoms with Crippen molar-refractivity contribution in [1.82, 2.24) is 4.98 Å². The molecule has 0 saturated carbocycles. The number of nitrogens with zero attached hydrogens (tertiary/aromatic N) is 1. The van der Waals surface area contributed by atoms with Crippen molar-refractivity contribution in [3.05, 3.63) is 64.4 Å². The van der Waals surface area contributed by atoms with Gasteiger partial charge in [-0.05, 0) is 29.7 Å². The van der Waals surface area contributed by atoms with Crippen LogP contribution < -0.4 is 10.5 Å². The Morgan fingerprint density at radius 2 is 1.89 bits per heavy atom. The minimum absolute atomic E-state index is 0.0198. The second-order valence-electron chi connectivity index (χ2n) is 8.18. The Morgan fingerprint density at radius 1 is 1.16 bits per heavy atom. The van der Waals surface area contributed by atoms with Crippen molar-refractivity contribution in [1.29, 1.82) is 0 Å². The molecular weight excluding hydrogens is 501 g/mol. The highest BCUT2D eigenvalue weighted by Gasteiger charge is 2.35. The van der Waals surface area contributed by atoms with Crippen LogP contribution in [0.2, 0.25) is 0 Å². The number of aliphatic carboxylic acids is 1. The van der Waals surface area contributed by atoms with Crippen molar-refractivity contribution in [2.24, 2.45) is 0 Å². The molecule has 0 radical (unpaired) electrons. The molecule has 0 aliphatic carbocycles. The van der Waals surface area contributed by atoms with Crippen molar-refractivity contribution in [2.75, 3.05) is 18.1 Å². The highest BCUT2D eigenvalue weighted by atomic mass is 19.4. The summed E-state index contributed by atoms with van der Waals surface area (Å²) < 4.78 is 50.3. The van der Waals surface area contributed by atoms with Crippen LogP contribution in [0.1, 0.15) is 12.0 Å². The number of alkyl halides is 3. The molecule has 2 atom stereocenters. The van der Waals surface area contributed by atoms with Crippen LogP contribution in [0.4, 0.5) is 23.7 Å². The quantitative estimate of drug-likeness (QED) is 0.403. The minimum atomic E-state index is -4.62. The van der Waals surface area contributed by atoms with Crippen LogP contribution in [-0.2, 0) is 25.2 Å². The molecule has 37 heavy (non-hydrogen) atoms. The van der Waals surface area contributed by atoms with E-state index < -0.39 is 54.0 Å². The predicted molar refractivity (Wildman–Crippen MR) is 122 cm³/mol. The summed E-state index contributed by atoms with van der Waals surface area (Å²) in [5, 5.41) is 18.3. The molecule has 10 nitrogen and oxygen atoms in total. The van der Waals surface area contributed by atoms with Crippen molar-refractivity contribution >= 4 is 34.5 Å². The zero-order chi connectivity index (χ0) is 26.9. The lowest BCUT2D eigenvalue weighted by Gasteiger charge is -2.15. The average Bonchev–Trinajstić information content (AvgIpc) is 3.22. The molecule has 194 valence electrons. The van der Waals surface area contributed by atoms with Gasteiger partial charge in [-0.1, -0.05) is 24.3 Å². The number of rotatable bonds is 7. The van der Waals surface area contributed by atoms with Crippen molar-refractivity contribution in [2.45, 2.75) is 24.8 Å².